The molecule has 0 spiro atoms. The van der Waals surface area contributed by atoms with E-state index in [1.807, 2.05) is 0 Å². The molecule has 6 heteroatoms. The van der Waals surface area contributed by atoms with Crippen LogP contribution >= 0.6 is 0 Å². The van der Waals surface area contributed by atoms with Crippen molar-refractivity contribution < 1.29 is 28.6 Å². The van der Waals surface area contributed by atoms with E-state index in [1.54, 1.807) is 0 Å². The van der Waals surface area contributed by atoms with E-state index in [0.717, 1.165) is 116 Å². The van der Waals surface area contributed by atoms with Gasteiger partial charge in [-0.2, -0.15) is 0 Å². The lowest BCUT2D eigenvalue weighted by atomic mass is 10.1. The first kappa shape index (κ1) is 63.1. The summed E-state index contributed by atoms with van der Waals surface area (Å²) in [5, 5.41) is 0. The van der Waals surface area contributed by atoms with Crippen molar-refractivity contribution in [3.8, 4) is 0 Å². The van der Waals surface area contributed by atoms with Crippen LogP contribution in [0.1, 0.15) is 239 Å². The van der Waals surface area contributed by atoms with Crippen LogP contribution in [-0.2, 0) is 28.6 Å². The van der Waals surface area contributed by atoms with Crippen molar-refractivity contribution in [2.24, 2.45) is 0 Å². The summed E-state index contributed by atoms with van der Waals surface area (Å²) in [6.45, 7) is 6.40. The van der Waals surface area contributed by atoms with Crippen LogP contribution in [0.15, 0.2) is 109 Å². The van der Waals surface area contributed by atoms with E-state index in [4.69, 9.17) is 14.2 Å². The molecule has 380 valence electrons. The van der Waals surface area contributed by atoms with Gasteiger partial charge in [-0.25, -0.2) is 0 Å². The number of allylic oxidation sites excluding steroid dienone is 18. The van der Waals surface area contributed by atoms with Gasteiger partial charge in [0.05, 0.1) is 0 Å². The predicted octanol–water partition coefficient (Wildman–Crippen LogP) is 18.3. The van der Waals surface area contributed by atoms with Gasteiger partial charge in [-0.15, -0.1) is 0 Å². The fourth-order valence-electron chi connectivity index (χ4n) is 7.13. The van der Waals surface area contributed by atoms with Crippen molar-refractivity contribution in [1.82, 2.24) is 0 Å². The maximum atomic E-state index is 12.8. The van der Waals surface area contributed by atoms with E-state index in [-0.39, 0.29) is 37.5 Å². The van der Waals surface area contributed by atoms with Crippen molar-refractivity contribution in [3.05, 3.63) is 109 Å². The van der Waals surface area contributed by atoms with Gasteiger partial charge in [-0.3, -0.25) is 14.4 Å². The van der Waals surface area contributed by atoms with Crippen LogP contribution in [0.25, 0.3) is 0 Å². The van der Waals surface area contributed by atoms with Crippen molar-refractivity contribution >= 4 is 17.9 Å². The second-order valence-corrected chi connectivity index (χ2v) is 17.7. The molecule has 0 aromatic heterocycles. The highest BCUT2D eigenvalue weighted by Gasteiger charge is 2.19. The Bertz CT molecular complexity index is 1390. The van der Waals surface area contributed by atoms with Crippen LogP contribution in [0.5, 0.6) is 0 Å². The molecule has 0 aliphatic heterocycles. The summed E-state index contributed by atoms with van der Waals surface area (Å²) in [6, 6.07) is 0. The molecular weight excluding hydrogens is 829 g/mol. The minimum atomic E-state index is -0.815. The SMILES string of the molecule is CC/C=C\C/C=C\C/C=C\CCCCCCCC(=O)O[C@H](COC(=O)CCC/C=C\C/C=C\C/C=C\C/C=C\CCCCC)COC(=O)CCCCCCCCC/C=C\C/C=C\CCCCC. The lowest BCUT2D eigenvalue weighted by Crippen LogP contribution is -2.30. The molecule has 0 amide bonds. The first-order valence-corrected chi connectivity index (χ1v) is 27.4. The Labute approximate surface area is 412 Å². The molecule has 0 aromatic rings. The van der Waals surface area contributed by atoms with Crippen molar-refractivity contribution in [1.29, 1.82) is 0 Å². The van der Waals surface area contributed by atoms with E-state index < -0.39 is 6.10 Å². The normalized spacial score (nSPS) is 12.9. The molecule has 0 saturated carbocycles. The zero-order valence-electron chi connectivity index (χ0n) is 43.4. The van der Waals surface area contributed by atoms with Gasteiger partial charge in [0.15, 0.2) is 6.10 Å². The summed E-state index contributed by atoms with van der Waals surface area (Å²) < 4.78 is 16.8. The molecule has 0 unspecified atom stereocenters. The molecule has 0 radical (unpaired) electrons. The Morgan fingerprint density at radius 1 is 0.313 bits per heavy atom. The summed E-state index contributed by atoms with van der Waals surface area (Å²) in [5.41, 5.74) is 0. The van der Waals surface area contributed by atoms with Gasteiger partial charge in [0, 0.05) is 19.3 Å². The molecule has 1 atom stereocenters. The first-order chi connectivity index (χ1) is 33.0. The molecule has 0 aromatic carbocycles. The maximum absolute atomic E-state index is 12.8. The summed E-state index contributed by atoms with van der Waals surface area (Å²) in [4.78, 5) is 38.1. The van der Waals surface area contributed by atoms with Crippen molar-refractivity contribution in [2.45, 2.75) is 245 Å². The fraction of sp³-hybridized carbons (Fsp3) is 0.656. The van der Waals surface area contributed by atoms with Gasteiger partial charge < -0.3 is 14.2 Å². The average molecular weight is 929 g/mol. The smallest absolute Gasteiger partial charge is 0.306 e. The predicted molar refractivity (Wildman–Crippen MR) is 288 cm³/mol. The quantitative estimate of drug-likeness (QED) is 0.0262. The minimum absolute atomic E-state index is 0.108. The maximum Gasteiger partial charge on any atom is 0.306 e. The Hall–Kier alpha value is -3.93. The molecule has 0 heterocycles. The molecule has 67 heavy (non-hydrogen) atoms. The van der Waals surface area contributed by atoms with Gasteiger partial charge in [0.25, 0.3) is 0 Å². The van der Waals surface area contributed by atoms with Crippen LogP contribution in [0.4, 0.5) is 0 Å². The number of hydrogen-bond donors (Lipinski definition) is 0. The number of carbonyl (C=O) groups is 3. The molecular formula is C61H100O6. The third-order valence-electron chi connectivity index (χ3n) is 11.2. The summed E-state index contributed by atoms with van der Waals surface area (Å²) in [6.07, 6.45) is 73.6. The van der Waals surface area contributed by atoms with Crippen LogP contribution < -0.4 is 0 Å². The van der Waals surface area contributed by atoms with E-state index in [0.29, 0.717) is 19.3 Å². The third kappa shape index (κ3) is 52.9. The van der Waals surface area contributed by atoms with E-state index in [2.05, 4.69) is 130 Å². The summed E-state index contributed by atoms with van der Waals surface area (Å²) in [5.74, 6) is -0.993. The molecule has 0 bridgehead atoms. The van der Waals surface area contributed by atoms with Gasteiger partial charge in [0.2, 0.25) is 0 Å². The van der Waals surface area contributed by atoms with Crippen LogP contribution in [0.2, 0.25) is 0 Å². The molecule has 6 nitrogen and oxygen atoms in total. The van der Waals surface area contributed by atoms with Gasteiger partial charge in [-0.05, 0) is 122 Å². The molecule has 0 rings (SSSR count). The van der Waals surface area contributed by atoms with Crippen molar-refractivity contribution in [2.75, 3.05) is 13.2 Å². The number of esters is 3. The monoisotopic (exact) mass is 929 g/mol. The van der Waals surface area contributed by atoms with E-state index >= 15 is 0 Å². The number of carbonyl (C=O) groups excluding carboxylic acids is 3. The number of rotatable bonds is 48. The van der Waals surface area contributed by atoms with Gasteiger partial charge in [0.1, 0.15) is 13.2 Å². The number of ether oxygens (including phenoxy) is 3. The second kappa shape index (κ2) is 54.7. The zero-order valence-corrected chi connectivity index (χ0v) is 43.4. The molecule has 0 fully saturated rings. The molecule has 0 aliphatic carbocycles. The second-order valence-electron chi connectivity index (χ2n) is 17.7. The zero-order chi connectivity index (χ0) is 48.6. The largest absolute Gasteiger partial charge is 0.462 e. The average Bonchev–Trinajstić information content (AvgIpc) is 3.33. The number of hydrogen-bond acceptors (Lipinski definition) is 6. The summed E-state index contributed by atoms with van der Waals surface area (Å²) in [7, 11) is 0. The van der Waals surface area contributed by atoms with E-state index in [9.17, 15) is 14.4 Å². The highest BCUT2D eigenvalue weighted by atomic mass is 16.6. The minimum Gasteiger partial charge on any atom is -0.462 e. The molecule has 0 N–H and O–H groups in total. The third-order valence-corrected chi connectivity index (χ3v) is 11.2. The highest BCUT2D eigenvalue weighted by Crippen LogP contribution is 2.13. The lowest BCUT2D eigenvalue weighted by Gasteiger charge is -2.18. The summed E-state index contributed by atoms with van der Waals surface area (Å²) >= 11 is 0. The van der Waals surface area contributed by atoms with Crippen LogP contribution in [-0.4, -0.2) is 37.2 Å². The first-order valence-electron chi connectivity index (χ1n) is 27.4. The Kier molecular flexibility index (Phi) is 51.5. The molecule has 0 saturated heterocycles. The lowest BCUT2D eigenvalue weighted by molar-refractivity contribution is -0.167. The Balaban J connectivity index is 4.52. The number of unbranched alkanes of at least 4 members (excludes halogenated alkanes) is 19. The topological polar surface area (TPSA) is 78.9 Å². The standard InChI is InChI=1S/C61H100O6/c1-4-7-10-13-16-19-22-25-28-30-33-35-38-41-44-47-50-53-59(62)65-56-58(67-61(64)55-52-49-46-43-40-37-32-27-24-21-18-15-12-9-6-3)57-66-60(63)54-51-48-45-42-39-36-34-31-29-26-23-20-17-14-11-8-5-2/h9,12,16-21,25-29,32-33,35,41,44,58H,4-8,10-11,13-15,22-24,30-31,34,36-40,42-43,45-57H2,1-3H3/b12-9-,19-16-,20-17-,21-18-,28-25-,29-26-,32-27-,35-33-,44-41-/t58-/m1/s1. The van der Waals surface area contributed by atoms with Crippen molar-refractivity contribution in [3.63, 3.8) is 0 Å². The van der Waals surface area contributed by atoms with Gasteiger partial charge in [-0.1, -0.05) is 207 Å². The fourth-order valence-corrected chi connectivity index (χ4v) is 7.13. The Morgan fingerprint density at radius 2 is 0.597 bits per heavy atom. The van der Waals surface area contributed by atoms with E-state index in [1.165, 1.54) is 77.0 Å². The Morgan fingerprint density at radius 3 is 0.970 bits per heavy atom. The highest BCUT2D eigenvalue weighted by molar-refractivity contribution is 5.71. The van der Waals surface area contributed by atoms with Crippen LogP contribution in [0, 0.1) is 0 Å². The molecule has 0 aliphatic rings. The van der Waals surface area contributed by atoms with Gasteiger partial charge >= 0.3 is 17.9 Å². The van der Waals surface area contributed by atoms with Crippen LogP contribution in [0.3, 0.4) is 0 Å².